The van der Waals surface area contributed by atoms with Crippen LogP contribution in [0, 0.1) is 0 Å². The Morgan fingerprint density at radius 2 is 0.754 bits per heavy atom. The first-order chi connectivity index (χ1) is 30.8. The summed E-state index contributed by atoms with van der Waals surface area (Å²) < 4.78 is 71.5. The maximum atomic E-state index is 12.7. The van der Waals surface area contributed by atoms with E-state index in [2.05, 4.69) is 51.2 Å². The predicted molar refractivity (Wildman–Crippen MR) is 247 cm³/mol. The number of hydrogen-bond acceptors (Lipinski definition) is 20. The molecule has 344 valence electrons. The molecule has 0 amide bonds. The molecule has 0 spiro atoms. The van der Waals surface area contributed by atoms with Gasteiger partial charge in [-0.2, -0.15) is 46.7 Å². The van der Waals surface area contributed by atoms with Gasteiger partial charge < -0.3 is 51.5 Å². The number of rotatable bonds is 22. The molecule has 6 aromatic rings. The molecule has 0 aliphatic carbocycles. The molecule has 4 aromatic carbocycles. The van der Waals surface area contributed by atoms with Gasteiger partial charge in [0.15, 0.2) is 0 Å². The summed E-state index contributed by atoms with van der Waals surface area (Å²) >= 11 is 0. The van der Waals surface area contributed by atoms with Crippen LogP contribution >= 0.6 is 0 Å². The number of aliphatic hydroxyl groups excluding tert-OH is 4. The van der Waals surface area contributed by atoms with Crippen molar-refractivity contribution in [3.63, 3.8) is 0 Å². The Bertz CT molecular complexity index is 2580. The summed E-state index contributed by atoms with van der Waals surface area (Å²) in [6.07, 6.45) is 2.45. The van der Waals surface area contributed by atoms with Gasteiger partial charge in [0.2, 0.25) is 35.7 Å². The molecule has 22 nitrogen and oxygen atoms in total. The summed E-state index contributed by atoms with van der Waals surface area (Å²) in [5, 5.41) is 50.4. The second kappa shape index (κ2) is 22.6. The highest BCUT2D eigenvalue weighted by molar-refractivity contribution is 7.86. The van der Waals surface area contributed by atoms with Gasteiger partial charge in [-0.3, -0.25) is 9.11 Å². The van der Waals surface area contributed by atoms with E-state index in [1.54, 1.807) is 48.5 Å². The Morgan fingerprint density at radius 1 is 0.446 bits per heavy atom. The van der Waals surface area contributed by atoms with E-state index in [9.17, 15) is 46.4 Å². The second-order valence-electron chi connectivity index (χ2n) is 13.5. The van der Waals surface area contributed by atoms with Gasteiger partial charge in [-0.05, 0) is 59.7 Å². The summed E-state index contributed by atoms with van der Waals surface area (Å²) in [4.78, 5) is 28.3. The maximum absolute atomic E-state index is 12.7. The first kappa shape index (κ1) is 49.1. The van der Waals surface area contributed by atoms with Gasteiger partial charge in [0.05, 0.1) is 26.4 Å². The van der Waals surface area contributed by atoms with Crippen LogP contribution in [0.5, 0.6) is 0 Å². The van der Waals surface area contributed by atoms with Crippen molar-refractivity contribution in [2.45, 2.75) is 17.2 Å². The van der Waals surface area contributed by atoms with Crippen LogP contribution in [-0.2, 0) is 20.2 Å². The lowest BCUT2D eigenvalue weighted by Gasteiger charge is -2.21. The molecule has 6 rings (SSSR count). The Hall–Kier alpha value is -6.90. The lowest BCUT2D eigenvalue weighted by molar-refractivity contribution is 0.279. The fraction of sp³-hybridized carbons (Fsp3) is 0.220. The second-order valence-corrected chi connectivity index (χ2v) is 16.2. The molecule has 0 aliphatic heterocycles. The molecule has 0 aliphatic rings. The standard InChI is InChI=1S/C40H44N12O10S2.CH4/c53-21-17-51(18-22-54)39-47-35(41-29-7-3-1-4-8-29)45-37(49-39)43-31-15-13-27(33(25-31)63(57,58)59)11-12-28-14-16-32(26-34(28)64(60,61)62)44-38-46-36(42-30-9-5-2-6-10-30)48-40(50-38)52(19-23-55)20-24-56;/h1-16,25-26,53-56H,17-24H2,(H,57,58,59)(H,60,61,62)(H2,41,43,45,47,49)(H2,42,44,46,48,50);1H4. The maximum Gasteiger partial charge on any atom is 0.295 e. The fourth-order valence-corrected chi connectivity index (χ4v) is 7.45. The van der Waals surface area contributed by atoms with E-state index >= 15 is 0 Å². The Kier molecular flexibility index (Phi) is 17.1. The van der Waals surface area contributed by atoms with Gasteiger partial charge >= 0.3 is 0 Å². The van der Waals surface area contributed by atoms with Gasteiger partial charge in [-0.1, -0.05) is 68.1 Å². The number of aromatic nitrogens is 6. The van der Waals surface area contributed by atoms with Crippen LogP contribution < -0.4 is 31.1 Å². The highest BCUT2D eigenvalue weighted by atomic mass is 32.2. The van der Waals surface area contributed by atoms with Crippen LogP contribution in [0.3, 0.4) is 0 Å². The summed E-state index contributed by atoms with van der Waals surface area (Å²) in [6, 6.07) is 25.7. The molecule has 2 aromatic heterocycles. The van der Waals surface area contributed by atoms with Gasteiger partial charge in [0, 0.05) is 48.9 Å². The highest BCUT2D eigenvalue weighted by Gasteiger charge is 2.20. The number of aliphatic hydroxyl groups is 4. The van der Waals surface area contributed by atoms with Crippen molar-refractivity contribution in [1.29, 1.82) is 0 Å². The third-order valence-corrected chi connectivity index (χ3v) is 10.7. The molecule has 0 bridgehead atoms. The van der Waals surface area contributed by atoms with Gasteiger partial charge in [0.1, 0.15) is 9.79 Å². The largest absolute Gasteiger partial charge is 0.395 e. The molecule has 24 heteroatoms. The van der Waals surface area contributed by atoms with Crippen LogP contribution in [-0.4, -0.2) is 129 Å². The van der Waals surface area contributed by atoms with Crippen molar-refractivity contribution in [2.75, 3.05) is 83.7 Å². The normalized spacial score (nSPS) is 11.5. The van der Waals surface area contributed by atoms with Crippen LogP contribution in [0.4, 0.5) is 58.4 Å². The van der Waals surface area contributed by atoms with E-state index < -0.39 is 30.0 Å². The Morgan fingerprint density at radius 3 is 1.05 bits per heavy atom. The fourth-order valence-electron chi connectivity index (χ4n) is 6.03. The van der Waals surface area contributed by atoms with E-state index in [0.29, 0.717) is 11.4 Å². The minimum atomic E-state index is -4.91. The monoisotopic (exact) mass is 932 g/mol. The minimum absolute atomic E-state index is 0. The molecule has 0 radical (unpaired) electrons. The van der Waals surface area contributed by atoms with E-state index in [-0.39, 0.29) is 118 Å². The zero-order valence-electron chi connectivity index (χ0n) is 33.8. The van der Waals surface area contributed by atoms with E-state index in [4.69, 9.17) is 0 Å². The van der Waals surface area contributed by atoms with Crippen molar-refractivity contribution in [1.82, 2.24) is 29.9 Å². The molecule has 2 heterocycles. The zero-order chi connectivity index (χ0) is 45.7. The zero-order valence-corrected chi connectivity index (χ0v) is 35.4. The van der Waals surface area contributed by atoms with Gasteiger partial charge in [-0.15, -0.1) is 0 Å². The molecule has 65 heavy (non-hydrogen) atoms. The number of anilines is 10. The molecule has 0 saturated carbocycles. The molecule has 0 unspecified atom stereocenters. The Balaban J connectivity index is 0.00000793. The molecule has 0 atom stereocenters. The quantitative estimate of drug-likeness (QED) is 0.0341. The number of para-hydroxylation sites is 2. The SMILES string of the molecule is C.O=S(=O)(O)c1cc(Nc2nc(Nc3ccccc3)nc(N(CCO)CCO)n2)ccc1C=Cc1ccc(Nc2nc(Nc3ccccc3)nc(N(CCO)CCO)n2)cc1S(=O)(=O)O. The first-order valence-corrected chi connectivity index (χ1v) is 22.2. The van der Waals surface area contributed by atoms with Crippen molar-refractivity contribution in [3.8, 4) is 0 Å². The lowest BCUT2D eigenvalue weighted by atomic mass is 10.1. The molecular weight excluding hydrogens is 885 g/mol. The minimum Gasteiger partial charge on any atom is -0.395 e. The van der Waals surface area contributed by atoms with Crippen molar-refractivity contribution in [2.24, 2.45) is 0 Å². The smallest absolute Gasteiger partial charge is 0.295 e. The molecular formula is C41H48N12O10S2. The summed E-state index contributed by atoms with van der Waals surface area (Å²) in [6.45, 7) is -0.796. The van der Waals surface area contributed by atoms with Crippen molar-refractivity contribution in [3.05, 3.63) is 108 Å². The number of hydrogen-bond donors (Lipinski definition) is 10. The Labute approximate surface area is 375 Å². The van der Waals surface area contributed by atoms with Gasteiger partial charge in [0.25, 0.3) is 20.2 Å². The highest BCUT2D eigenvalue weighted by Crippen LogP contribution is 2.29. The topological polar surface area (TPSA) is 322 Å². The average Bonchev–Trinajstić information content (AvgIpc) is 3.26. The molecule has 0 fully saturated rings. The molecule has 10 N–H and O–H groups in total. The summed E-state index contributed by atoms with van der Waals surface area (Å²) in [5.74, 6) is 0.187. The van der Waals surface area contributed by atoms with Crippen molar-refractivity contribution >= 4 is 90.8 Å². The first-order valence-electron chi connectivity index (χ1n) is 19.3. The van der Waals surface area contributed by atoms with Gasteiger partial charge in [-0.25, -0.2) is 0 Å². The average molecular weight is 933 g/mol. The van der Waals surface area contributed by atoms with E-state index in [1.807, 2.05) is 12.1 Å². The predicted octanol–water partition coefficient (Wildman–Crippen LogP) is 3.91. The van der Waals surface area contributed by atoms with Crippen molar-refractivity contribution < 1.29 is 46.4 Å². The number of nitrogens with one attached hydrogen (secondary N) is 4. The lowest BCUT2D eigenvalue weighted by Crippen LogP contribution is -2.31. The van der Waals surface area contributed by atoms with Crippen LogP contribution in [0.2, 0.25) is 0 Å². The summed E-state index contributed by atoms with van der Waals surface area (Å²) in [5.41, 5.74) is 1.36. The van der Waals surface area contributed by atoms with E-state index in [1.165, 1.54) is 46.2 Å². The third-order valence-electron chi connectivity index (χ3n) is 8.89. The molecule has 0 saturated heterocycles. The van der Waals surface area contributed by atoms with E-state index in [0.717, 1.165) is 12.1 Å². The van der Waals surface area contributed by atoms with Crippen LogP contribution in [0.25, 0.3) is 12.2 Å². The third kappa shape index (κ3) is 13.8. The van der Waals surface area contributed by atoms with Crippen LogP contribution in [0.15, 0.2) is 107 Å². The number of nitrogens with zero attached hydrogens (tertiary/aromatic N) is 8. The van der Waals surface area contributed by atoms with Crippen LogP contribution in [0.1, 0.15) is 18.6 Å². The summed E-state index contributed by atoms with van der Waals surface area (Å²) in [7, 11) is -9.82. The number of benzene rings is 4.